The second-order valence-corrected chi connectivity index (χ2v) is 9.02. The SMILES string of the molecule is Cc1ccc(C)c(S(=O)(=O)Nc2nn(Cc3ccc(Cl)c(Cl)c3)cc2Cl)c1. The normalized spacial score (nSPS) is 11.6. The van der Waals surface area contributed by atoms with Gasteiger partial charge in [0.2, 0.25) is 0 Å². The van der Waals surface area contributed by atoms with E-state index in [-0.39, 0.29) is 15.7 Å². The zero-order chi connectivity index (χ0) is 19.8. The fourth-order valence-corrected chi connectivity index (χ4v) is 4.47. The minimum Gasteiger partial charge on any atom is -0.265 e. The summed E-state index contributed by atoms with van der Waals surface area (Å²) in [5, 5.41) is 5.33. The van der Waals surface area contributed by atoms with Gasteiger partial charge in [-0.15, -0.1) is 0 Å². The van der Waals surface area contributed by atoms with Crippen LogP contribution in [0, 0.1) is 13.8 Å². The van der Waals surface area contributed by atoms with Gasteiger partial charge in [-0.3, -0.25) is 9.40 Å². The molecule has 0 saturated carbocycles. The molecule has 2 aromatic carbocycles. The van der Waals surface area contributed by atoms with E-state index in [1.165, 1.54) is 4.68 Å². The Labute approximate surface area is 172 Å². The first-order valence-corrected chi connectivity index (χ1v) is 10.5. The zero-order valence-electron chi connectivity index (χ0n) is 14.5. The molecule has 9 heteroatoms. The minimum atomic E-state index is -3.81. The second kappa shape index (κ2) is 7.72. The average molecular weight is 445 g/mol. The van der Waals surface area contributed by atoms with Crippen LogP contribution in [0.4, 0.5) is 5.82 Å². The highest BCUT2D eigenvalue weighted by Gasteiger charge is 2.20. The Morgan fingerprint density at radius 1 is 1.00 bits per heavy atom. The lowest BCUT2D eigenvalue weighted by atomic mass is 10.2. The van der Waals surface area contributed by atoms with Gasteiger partial charge in [-0.05, 0) is 48.7 Å². The van der Waals surface area contributed by atoms with Crippen molar-refractivity contribution in [1.82, 2.24) is 9.78 Å². The van der Waals surface area contributed by atoms with Gasteiger partial charge in [0.05, 0.1) is 21.5 Å². The number of nitrogens with one attached hydrogen (secondary N) is 1. The molecule has 0 fully saturated rings. The Kier molecular flexibility index (Phi) is 5.72. The number of rotatable bonds is 5. The summed E-state index contributed by atoms with van der Waals surface area (Å²) in [7, 11) is -3.81. The Hall–Kier alpha value is -1.73. The molecule has 0 aliphatic rings. The summed E-state index contributed by atoms with van der Waals surface area (Å²) >= 11 is 18.1. The van der Waals surface area contributed by atoms with Crippen LogP contribution in [0.2, 0.25) is 15.1 Å². The van der Waals surface area contributed by atoms with Crippen LogP contribution in [0.1, 0.15) is 16.7 Å². The van der Waals surface area contributed by atoms with Crippen molar-refractivity contribution in [2.75, 3.05) is 4.72 Å². The molecule has 5 nitrogen and oxygen atoms in total. The molecule has 27 heavy (non-hydrogen) atoms. The van der Waals surface area contributed by atoms with E-state index in [1.807, 2.05) is 19.1 Å². The van der Waals surface area contributed by atoms with Gasteiger partial charge in [0.15, 0.2) is 5.82 Å². The molecule has 0 radical (unpaired) electrons. The van der Waals surface area contributed by atoms with Crippen LogP contribution in [0.25, 0.3) is 0 Å². The number of aromatic nitrogens is 2. The summed E-state index contributed by atoms with van der Waals surface area (Å²) < 4.78 is 29.4. The van der Waals surface area contributed by atoms with Gasteiger partial charge in [0, 0.05) is 6.20 Å². The first kappa shape index (κ1) is 20.0. The maximum absolute atomic E-state index is 12.7. The molecule has 0 amide bonds. The molecule has 3 rings (SSSR count). The maximum Gasteiger partial charge on any atom is 0.263 e. The van der Waals surface area contributed by atoms with Crippen LogP contribution in [-0.4, -0.2) is 18.2 Å². The molecular formula is C18H16Cl3N3O2S. The number of sulfonamides is 1. The molecule has 0 unspecified atom stereocenters. The van der Waals surface area contributed by atoms with Gasteiger partial charge < -0.3 is 0 Å². The Bertz CT molecular complexity index is 1110. The summed E-state index contributed by atoms with van der Waals surface area (Å²) in [6.07, 6.45) is 1.55. The lowest BCUT2D eigenvalue weighted by Crippen LogP contribution is -2.15. The number of hydrogen-bond acceptors (Lipinski definition) is 3. The number of anilines is 1. The maximum atomic E-state index is 12.7. The fraction of sp³-hybridized carbons (Fsp3) is 0.167. The van der Waals surface area contributed by atoms with Crippen molar-refractivity contribution in [1.29, 1.82) is 0 Å². The van der Waals surface area contributed by atoms with Gasteiger partial charge in [0.25, 0.3) is 10.0 Å². The lowest BCUT2D eigenvalue weighted by Gasteiger charge is -2.09. The van der Waals surface area contributed by atoms with Crippen molar-refractivity contribution >= 4 is 50.6 Å². The van der Waals surface area contributed by atoms with Gasteiger partial charge in [-0.25, -0.2) is 8.42 Å². The standard InChI is InChI=1S/C18H16Cl3N3O2S/c1-11-3-4-12(2)17(7-11)27(25,26)23-18-16(21)10-24(22-18)9-13-5-6-14(19)15(20)8-13/h3-8,10H,9H2,1-2H3,(H,22,23). The highest BCUT2D eigenvalue weighted by Crippen LogP contribution is 2.26. The number of nitrogens with zero attached hydrogens (tertiary/aromatic N) is 2. The first-order valence-electron chi connectivity index (χ1n) is 7.92. The molecule has 1 N–H and O–H groups in total. The van der Waals surface area contributed by atoms with Crippen LogP contribution >= 0.6 is 34.8 Å². The van der Waals surface area contributed by atoms with Gasteiger partial charge in [-0.2, -0.15) is 5.10 Å². The molecule has 0 bridgehead atoms. The molecule has 1 heterocycles. The van der Waals surface area contributed by atoms with Crippen molar-refractivity contribution in [2.24, 2.45) is 0 Å². The van der Waals surface area contributed by atoms with E-state index in [0.717, 1.165) is 11.1 Å². The van der Waals surface area contributed by atoms with E-state index in [2.05, 4.69) is 9.82 Å². The van der Waals surface area contributed by atoms with Crippen LogP contribution in [0.5, 0.6) is 0 Å². The number of hydrogen-bond donors (Lipinski definition) is 1. The molecule has 1 aromatic heterocycles. The highest BCUT2D eigenvalue weighted by atomic mass is 35.5. The van der Waals surface area contributed by atoms with E-state index in [1.54, 1.807) is 37.4 Å². The summed E-state index contributed by atoms with van der Waals surface area (Å²) in [6, 6.07) is 10.4. The monoisotopic (exact) mass is 443 g/mol. The van der Waals surface area contributed by atoms with E-state index in [0.29, 0.717) is 22.2 Å². The summed E-state index contributed by atoms with van der Waals surface area (Å²) in [5.74, 6) is 0.0673. The molecule has 142 valence electrons. The topological polar surface area (TPSA) is 64.0 Å². The van der Waals surface area contributed by atoms with E-state index in [9.17, 15) is 8.42 Å². The van der Waals surface area contributed by atoms with E-state index < -0.39 is 10.0 Å². The van der Waals surface area contributed by atoms with Crippen LogP contribution in [0.15, 0.2) is 47.5 Å². The number of aryl methyl sites for hydroxylation is 2. The van der Waals surface area contributed by atoms with Crippen molar-refractivity contribution in [3.05, 3.63) is 74.4 Å². The van der Waals surface area contributed by atoms with E-state index in [4.69, 9.17) is 34.8 Å². The first-order chi connectivity index (χ1) is 12.7. The summed E-state index contributed by atoms with van der Waals surface area (Å²) in [5.41, 5.74) is 2.34. The molecule has 3 aromatic rings. The van der Waals surface area contributed by atoms with Crippen LogP contribution in [-0.2, 0) is 16.6 Å². The smallest absolute Gasteiger partial charge is 0.263 e. The third kappa shape index (κ3) is 4.58. The van der Waals surface area contributed by atoms with Gasteiger partial charge >= 0.3 is 0 Å². The molecule has 0 saturated heterocycles. The molecule has 0 spiro atoms. The molecule has 0 atom stereocenters. The number of benzene rings is 2. The third-order valence-corrected chi connectivity index (χ3v) is 6.41. The number of halogens is 3. The van der Waals surface area contributed by atoms with Crippen molar-refractivity contribution in [2.45, 2.75) is 25.3 Å². The van der Waals surface area contributed by atoms with Crippen molar-refractivity contribution < 1.29 is 8.42 Å². The minimum absolute atomic E-state index is 0.0673. The lowest BCUT2D eigenvalue weighted by molar-refractivity contribution is 0.600. The van der Waals surface area contributed by atoms with Crippen molar-refractivity contribution in [3.8, 4) is 0 Å². The fourth-order valence-electron chi connectivity index (χ4n) is 2.55. The predicted octanol–water partition coefficient (Wildman–Crippen LogP) is 5.31. The highest BCUT2D eigenvalue weighted by molar-refractivity contribution is 7.92. The zero-order valence-corrected chi connectivity index (χ0v) is 17.6. The van der Waals surface area contributed by atoms with Gasteiger partial charge in [-0.1, -0.05) is 53.0 Å². The molecule has 0 aliphatic carbocycles. The van der Waals surface area contributed by atoms with Crippen molar-refractivity contribution in [3.63, 3.8) is 0 Å². The largest absolute Gasteiger partial charge is 0.265 e. The molecular weight excluding hydrogens is 429 g/mol. The van der Waals surface area contributed by atoms with E-state index >= 15 is 0 Å². The average Bonchev–Trinajstić information content (AvgIpc) is 2.91. The Morgan fingerprint density at radius 3 is 2.44 bits per heavy atom. The Balaban J connectivity index is 1.86. The quantitative estimate of drug-likeness (QED) is 0.580. The summed E-state index contributed by atoms with van der Waals surface area (Å²) in [4.78, 5) is 0.192. The van der Waals surface area contributed by atoms with Gasteiger partial charge in [0.1, 0.15) is 5.02 Å². The third-order valence-electron chi connectivity index (χ3n) is 3.91. The molecule has 0 aliphatic heterocycles. The Morgan fingerprint density at radius 2 is 1.74 bits per heavy atom. The predicted molar refractivity (Wildman–Crippen MR) is 110 cm³/mol. The second-order valence-electron chi connectivity index (χ2n) is 6.15. The van der Waals surface area contributed by atoms with Crippen LogP contribution in [0.3, 0.4) is 0 Å². The van der Waals surface area contributed by atoms with Crippen LogP contribution < -0.4 is 4.72 Å². The summed E-state index contributed by atoms with van der Waals surface area (Å²) in [6.45, 7) is 3.93.